The molecule has 1 aliphatic carbocycles. The van der Waals surface area contributed by atoms with Crippen molar-refractivity contribution in [1.29, 1.82) is 0 Å². The molecule has 8 heteroatoms. The first-order valence-corrected chi connectivity index (χ1v) is 13.4. The summed E-state index contributed by atoms with van der Waals surface area (Å²) < 4.78 is 37.2. The van der Waals surface area contributed by atoms with Gasteiger partial charge < -0.3 is 14.0 Å². The van der Waals surface area contributed by atoms with Crippen LogP contribution in [0.25, 0.3) is 11.0 Å². The molecule has 172 valence electrons. The highest BCUT2D eigenvalue weighted by atomic mass is 32.2. The number of imidazole rings is 1. The molecule has 7 nitrogen and oxygen atoms in total. The molecule has 1 aliphatic rings. The summed E-state index contributed by atoms with van der Waals surface area (Å²) in [5, 5.41) is 0. The zero-order chi connectivity index (χ0) is 22.6. The van der Waals surface area contributed by atoms with Crippen molar-refractivity contribution in [2.24, 2.45) is 0 Å². The fraction of sp³-hybridized carbons (Fsp3) is 0.500. The van der Waals surface area contributed by atoms with Crippen molar-refractivity contribution in [3.05, 3.63) is 47.4 Å². The zero-order valence-corrected chi connectivity index (χ0v) is 19.7. The summed E-state index contributed by atoms with van der Waals surface area (Å²) in [4.78, 5) is 9.80. The molecule has 4 rings (SSSR count). The van der Waals surface area contributed by atoms with Crippen molar-refractivity contribution < 1.29 is 17.9 Å². The van der Waals surface area contributed by atoms with Gasteiger partial charge in [-0.1, -0.05) is 18.2 Å². The monoisotopic (exact) mass is 457 g/mol. The smallest absolute Gasteiger partial charge is 0.247 e. The first-order valence-electron chi connectivity index (χ1n) is 11.4. The minimum absolute atomic E-state index is 0.197. The molecule has 2 heterocycles. The molecule has 0 atom stereocenters. The second-order valence-electron chi connectivity index (χ2n) is 8.32. The number of pyridine rings is 1. The number of hydrogen-bond acceptors (Lipinski definition) is 6. The number of hydrogen-bond donors (Lipinski definition) is 0. The lowest BCUT2D eigenvalue weighted by atomic mass is 9.95. The van der Waals surface area contributed by atoms with E-state index in [0.717, 1.165) is 60.4 Å². The summed E-state index contributed by atoms with van der Waals surface area (Å²) in [6, 6.07) is 9.65. The number of rotatable bonds is 10. The maximum Gasteiger partial charge on any atom is 0.247 e. The number of ether oxygens (including phenoxy) is 2. The molecule has 0 radical (unpaired) electrons. The lowest BCUT2D eigenvalue weighted by Gasteiger charge is -2.19. The van der Waals surface area contributed by atoms with Crippen molar-refractivity contribution in [3.8, 4) is 11.6 Å². The number of unbranched alkanes of at least 4 members (excludes halogenated alkanes) is 1. The molecule has 0 saturated heterocycles. The predicted molar refractivity (Wildman–Crippen MR) is 125 cm³/mol. The summed E-state index contributed by atoms with van der Waals surface area (Å²) >= 11 is 0. The highest BCUT2D eigenvalue weighted by Crippen LogP contribution is 2.36. The predicted octanol–water partition coefficient (Wildman–Crippen LogP) is 4.46. The number of benzene rings is 1. The summed E-state index contributed by atoms with van der Waals surface area (Å²) in [6.45, 7) is 3.65. The lowest BCUT2D eigenvalue weighted by Crippen LogP contribution is -2.12. The van der Waals surface area contributed by atoms with Crippen LogP contribution in [0.3, 0.4) is 0 Å². The summed E-state index contributed by atoms with van der Waals surface area (Å²) in [5.74, 6) is 2.29. The molecule has 0 bridgehead atoms. The molecule has 32 heavy (non-hydrogen) atoms. The van der Waals surface area contributed by atoms with E-state index in [-0.39, 0.29) is 5.75 Å². The summed E-state index contributed by atoms with van der Waals surface area (Å²) in [6.07, 6.45) is 6.80. The molecule has 0 spiro atoms. The van der Waals surface area contributed by atoms with Gasteiger partial charge in [-0.2, -0.15) is 0 Å². The fourth-order valence-corrected chi connectivity index (χ4v) is 4.98. The van der Waals surface area contributed by atoms with E-state index in [4.69, 9.17) is 19.4 Å². The van der Waals surface area contributed by atoms with Crippen LogP contribution in [0.5, 0.6) is 11.6 Å². The van der Waals surface area contributed by atoms with E-state index in [0.29, 0.717) is 32.1 Å². The molecule has 0 aliphatic heterocycles. The van der Waals surface area contributed by atoms with Gasteiger partial charge in [-0.25, -0.2) is 18.4 Å². The second-order valence-corrected chi connectivity index (χ2v) is 10.6. The highest BCUT2D eigenvalue weighted by Gasteiger charge is 2.24. The van der Waals surface area contributed by atoms with Gasteiger partial charge in [-0.3, -0.25) is 0 Å². The minimum atomic E-state index is -2.97. The van der Waals surface area contributed by atoms with Gasteiger partial charge in [0.2, 0.25) is 5.88 Å². The third-order valence-corrected chi connectivity index (χ3v) is 6.78. The first-order chi connectivity index (χ1) is 15.5. The molecule has 1 aromatic carbocycles. The number of sulfone groups is 1. The van der Waals surface area contributed by atoms with Crippen LogP contribution in [0.2, 0.25) is 0 Å². The van der Waals surface area contributed by atoms with E-state index in [1.165, 1.54) is 11.8 Å². The molecular formula is C24H31N3O4S. The maximum absolute atomic E-state index is 11.6. The Kier molecular flexibility index (Phi) is 7.10. The number of para-hydroxylation sites is 1. The first kappa shape index (κ1) is 22.7. The third-order valence-electron chi connectivity index (χ3n) is 5.75. The Morgan fingerprint density at radius 2 is 1.84 bits per heavy atom. The van der Waals surface area contributed by atoms with E-state index < -0.39 is 9.84 Å². The van der Waals surface area contributed by atoms with Gasteiger partial charge in [0.15, 0.2) is 5.52 Å². The van der Waals surface area contributed by atoms with Crippen molar-refractivity contribution in [3.63, 3.8) is 0 Å². The lowest BCUT2D eigenvalue weighted by molar-refractivity contribution is 0.126. The molecule has 0 N–H and O–H groups in total. The van der Waals surface area contributed by atoms with Gasteiger partial charge in [0.05, 0.1) is 5.52 Å². The van der Waals surface area contributed by atoms with Crippen LogP contribution in [0, 0.1) is 0 Å². The Bertz CT molecular complexity index is 1170. The van der Waals surface area contributed by atoms with Crippen molar-refractivity contribution in [1.82, 2.24) is 14.5 Å². The Morgan fingerprint density at radius 3 is 2.59 bits per heavy atom. The average Bonchev–Trinajstić information content (AvgIpc) is 3.14. The fourth-order valence-electron chi connectivity index (χ4n) is 4.25. The molecule has 2 aromatic heterocycles. The van der Waals surface area contributed by atoms with Gasteiger partial charge in [0.1, 0.15) is 28.0 Å². The van der Waals surface area contributed by atoms with Crippen molar-refractivity contribution >= 4 is 20.9 Å². The number of aryl methyl sites for hydroxylation is 3. The quantitative estimate of drug-likeness (QED) is 0.418. The Balaban J connectivity index is 1.77. The van der Waals surface area contributed by atoms with Crippen LogP contribution >= 0.6 is 0 Å². The van der Waals surface area contributed by atoms with Gasteiger partial charge >= 0.3 is 0 Å². The van der Waals surface area contributed by atoms with Crippen molar-refractivity contribution in [2.75, 3.05) is 18.6 Å². The molecular weight excluding hydrogens is 426 g/mol. The van der Waals surface area contributed by atoms with Crippen LogP contribution in [-0.4, -0.2) is 41.6 Å². The standard InChI is InChI=1S/C24H31N3O4S/c1-3-30-17-21-26-22-23(27(21)15-9-10-16-32(2,28)29)19-13-7-8-14-20(19)25-24(22)31-18-11-5-4-6-12-18/h4-6,11-12H,3,7-10,13-17H2,1-2H3. The SMILES string of the molecule is CCOCc1nc2c(Oc3ccccc3)nc3c(c2n1CCCCS(C)(=O)=O)CCCC3. The van der Waals surface area contributed by atoms with E-state index in [1.54, 1.807) is 0 Å². The topological polar surface area (TPSA) is 83.3 Å². The van der Waals surface area contributed by atoms with Crippen LogP contribution < -0.4 is 4.74 Å². The van der Waals surface area contributed by atoms with Crippen LogP contribution in [0.4, 0.5) is 0 Å². The summed E-state index contributed by atoms with van der Waals surface area (Å²) in [5.41, 5.74) is 4.14. The van der Waals surface area contributed by atoms with E-state index >= 15 is 0 Å². The Morgan fingerprint density at radius 1 is 1.06 bits per heavy atom. The van der Waals surface area contributed by atoms with Gasteiger partial charge in [0, 0.05) is 30.9 Å². The van der Waals surface area contributed by atoms with Crippen LogP contribution in [0.1, 0.15) is 49.7 Å². The van der Waals surface area contributed by atoms with Gasteiger partial charge in [-0.15, -0.1) is 0 Å². The molecule has 0 fully saturated rings. The van der Waals surface area contributed by atoms with E-state index in [9.17, 15) is 8.42 Å². The van der Waals surface area contributed by atoms with Gasteiger partial charge in [0.25, 0.3) is 0 Å². The Hall–Kier alpha value is -2.45. The Labute approximate surface area is 189 Å². The normalized spacial score (nSPS) is 13.9. The van der Waals surface area contributed by atoms with E-state index in [1.807, 2.05) is 37.3 Å². The minimum Gasteiger partial charge on any atom is -0.437 e. The average molecular weight is 458 g/mol. The summed E-state index contributed by atoms with van der Waals surface area (Å²) in [7, 11) is -2.97. The van der Waals surface area contributed by atoms with Crippen LogP contribution in [0.15, 0.2) is 30.3 Å². The van der Waals surface area contributed by atoms with Crippen LogP contribution in [-0.2, 0) is 40.6 Å². The number of nitrogens with zero attached hydrogens (tertiary/aromatic N) is 3. The highest BCUT2D eigenvalue weighted by molar-refractivity contribution is 7.90. The van der Waals surface area contributed by atoms with Gasteiger partial charge in [-0.05, 0) is 63.1 Å². The molecule has 0 saturated carbocycles. The molecule has 0 amide bonds. The molecule has 0 unspecified atom stereocenters. The molecule has 3 aromatic rings. The maximum atomic E-state index is 11.6. The zero-order valence-electron chi connectivity index (χ0n) is 18.8. The second kappa shape index (κ2) is 10.0. The third kappa shape index (κ3) is 5.30. The van der Waals surface area contributed by atoms with Crippen molar-refractivity contribution in [2.45, 2.75) is 58.6 Å². The van der Waals surface area contributed by atoms with E-state index in [2.05, 4.69) is 4.57 Å². The largest absolute Gasteiger partial charge is 0.437 e. The number of fused-ring (bicyclic) bond motifs is 3. The number of aromatic nitrogens is 3.